The number of anilines is 1. The van der Waals surface area contributed by atoms with Crippen LogP contribution in [-0.2, 0) is 22.7 Å². The van der Waals surface area contributed by atoms with E-state index in [1.165, 1.54) is 4.90 Å². The van der Waals surface area contributed by atoms with Gasteiger partial charge in [0.2, 0.25) is 5.91 Å². The smallest absolute Gasteiger partial charge is 0.265 e. The van der Waals surface area contributed by atoms with Gasteiger partial charge in [0.1, 0.15) is 12.3 Å². The molecule has 1 N–H and O–H groups in total. The number of para-hydroxylation sites is 2. The van der Waals surface area contributed by atoms with Crippen LogP contribution in [0.1, 0.15) is 11.1 Å². The summed E-state index contributed by atoms with van der Waals surface area (Å²) in [6, 6.07) is 25.5. The van der Waals surface area contributed by atoms with Crippen molar-refractivity contribution in [1.29, 1.82) is 0 Å². The lowest BCUT2D eigenvalue weighted by Crippen LogP contribution is -2.45. The molecule has 0 saturated heterocycles. The number of fused-ring (bicyclic) bond motifs is 1. The van der Waals surface area contributed by atoms with E-state index in [-0.39, 0.29) is 25.0 Å². The minimum Gasteiger partial charge on any atom is -0.482 e. The Hall–Kier alpha value is -4.39. The van der Waals surface area contributed by atoms with E-state index in [9.17, 15) is 9.59 Å². The second kappa shape index (κ2) is 9.62. The van der Waals surface area contributed by atoms with Crippen LogP contribution in [-0.4, -0.2) is 34.7 Å². The highest BCUT2D eigenvalue weighted by Gasteiger charge is 2.26. The van der Waals surface area contributed by atoms with Crippen molar-refractivity contribution in [3.8, 4) is 16.9 Å². The van der Waals surface area contributed by atoms with Gasteiger partial charge in [0.25, 0.3) is 5.91 Å². The third kappa shape index (κ3) is 4.68. The first kappa shape index (κ1) is 21.5. The van der Waals surface area contributed by atoms with E-state index in [0.29, 0.717) is 24.5 Å². The lowest BCUT2D eigenvalue weighted by molar-refractivity contribution is -0.125. The summed E-state index contributed by atoms with van der Waals surface area (Å²) in [7, 11) is 0. The van der Waals surface area contributed by atoms with E-state index in [4.69, 9.17) is 4.74 Å². The first-order valence-corrected chi connectivity index (χ1v) is 11.1. The Morgan fingerprint density at radius 2 is 1.76 bits per heavy atom. The number of nitrogens with zero attached hydrogens (tertiary/aromatic N) is 3. The molecule has 4 aromatic rings. The molecule has 170 valence electrons. The van der Waals surface area contributed by atoms with Crippen molar-refractivity contribution in [3.05, 3.63) is 102 Å². The topological polar surface area (TPSA) is 76.5 Å². The van der Waals surface area contributed by atoms with Gasteiger partial charge in [-0.25, -0.2) is 0 Å². The molecule has 7 nitrogen and oxygen atoms in total. The van der Waals surface area contributed by atoms with E-state index >= 15 is 0 Å². The lowest BCUT2D eigenvalue weighted by atomic mass is 9.98. The molecule has 0 saturated carbocycles. The highest BCUT2D eigenvalue weighted by Crippen LogP contribution is 2.31. The molecule has 0 bridgehead atoms. The molecular weight excluding hydrogens is 428 g/mol. The summed E-state index contributed by atoms with van der Waals surface area (Å²) < 4.78 is 7.34. The van der Waals surface area contributed by atoms with Crippen LogP contribution in [0, 0.1) is 0 Å². The highest BCUT2D eigenvalue weighted by molar-refractivity contribution is 6.02. The van der Waals surface area contributed by atoms with Gasteiger partial charge in [-0.05, 0) is 40.5 Å². The maximum atomic E-state index is 12.7. The zero-order chi connectivity index (χ0) is 23.3. The molecule has 1 aliphatic heterocycles. The van der Waals surface area contributed by atoms with Crippen molar-refractivity contribution < 1.29 is 14.3 Å². The zero-order valence-electron chi connectivity index (χ0n) is 18.6. The van der Waals surface area contributed by atoms with Crippen LogP contribution in [0.25, 0.3) is 11.1 Å². The summed E-state index contributed by atoms with van der Waals surface area (Å²) in [4.78, 5) is 26.5. The summed E-state index contributed by atoms with van der Waals surface area (Å²) >= 11 is 0. The average Bonchev–Trinajstić information content (AvgIpc) is 3.38. The summed E-state index contributed by atoms with van der Waals surface area (Å²) in [5.74, 6) is 0.148. The van der Waals surface area contributed by atoms with Gasteiger partial charge in [-0.2, -0.15) is 5.10 Å². The Kier molecular flexibility index (Phi) is 6.07. The number of hydrogen-bond donors (Lipinski definition) is 1. The Labute approximate surface area is 197 Å². The molecule has 5 rings (SSSR count). The third-order valence-electron chi connectivity index (χ3n) is 5.77. The van der Waals surface area contributed by atoms with Crippen molar-refractivity contribution in [1.82, 2.24) is 15.1 Å². The predicted molar refractivity (Wildman–Crippen MR) is 129 cm³/mol. The molecule has 0 unspecified atom stereocenters. The van der Waals surface area contributed by atoms with E-state index < -0.39 is 0 Å². The average molecular weight is 453 g/mol. The second-order valence-electron chi connectivity index (χ2n) is 8.07. The number of hydrogen-bond acceptors (Lipinski definition) is 4. The number of amides is 2. The maximum absolute atomic E-state index is 12.7. The van der Waals surface area contributed by atoms with Gasteiger partial charge in [-0.1, -0.05) is 60.7 Å². The Balaban J connectivity index is 1.26. The standard InChI is InChI=1S/C27H24N4O3/c32-26(18-31-24-8-3-4-9-25(24)34-19-27(31)33)28-16-22-6-1-2-7-23(22)21-12-10-20(11-13-21)17-30-15-5-14-29-30/h1-15H,16-19H2,(H,28,32). The molecule has 3 aromatic carbocycles. The monoisotopic (exact) mass is 452 g/mol. The van der Waals surface area contributed by atoms with Gasteiger partial charge in [0.05, 0.1) is 12.2 Å². The van der Waals surface area contributed by atoms with Crippen LogP contribution in [0.5, 0.6) is 5.75 Å². The minimum atomic E-state index is -0.232. The van der Waals surface area contributed by atoms with Crippen LogP contribution in [0.3, 0.4) is 0 Å². The molecular formula is C27H24N4O3. The fraction of sp³-hybridized carbons (Fsp3) is 0.148. The van der Waals surface area contributed by atoms with Crippen LogP contribution in [0.2, 0.25) is 0 Å². The molecule has 0 aliphatic carbocycles. The minimum absolute atomic E-state index is 0.0521. The van der Waals surface area contributed by atoms with Crippen molar-refractivity contribution in [2.75, 3.05) is 18.1 Å². The van der Waals surface area contributed by atoms with Crippen molar-refractivity contribution >= 4 is 17.5 Å². The number of rotatable bonds is 7. The van der Waals surface area contributed by atoms with Crippen molar-refractivity contribution in [2.24, 2.45) is 0 Å². The summed E-state index contributed by atoms with van der Waals surface area (Å²) in [5, 5.41) is 7.21. The van der Waals surface area contributed by atoms with E-state index in [1.807, 2.05) is 53.3 Å². The summed E-state index contributed by atoms with van der Waals surface area (Å²) in [6.45, 7) is 0.964. The number of benzene rings is 3. The third-order valence-corrected chi connectivity index (χ3v) is 5.77. The van der Waals surface area contributed by atoms with Crippen LogP contribution in [0.4, 0.5) is 5.69 Å². The van der Waals surface area contributed by atoms with Crippen molar-refractivity contribution in [3.63, 3.8) is 0 Å². The largest absolute Gasteiger partial charge is 0.482 e. The quantitative estimate of drug-likeness (QED) is 0.465. The zero-order valence-corrected chi connectivity index (χ0v) is 18.6. The molecule has 34 heavy (non-hydrogen) atoms. The molecule has 0 fully saturated rings. The molecule has 7 heteroatoms. The van der Waals surface area contributed by atoms with Crippen molar-refractivity contribution in [2.45, 2.75) is 13.1 Å². The maximum Gasteiger partial charge on any atom is 0.265 e. The molecule has 0 spiro atoms. The lowest BCUT2D eigenvalue weighted by Gasteiger charge is -2.28. The second-order valence-corrected chi connectivity index (χ2v) is 8.07. The van der Waals surface area contributed by atoms with E-state index in [1.54, 1.807) is 18.3 Å². The Morgan fingerprint density at radius 1 is 0.971 bits per heavy atom. The fourth-order valence-corrected chi connectivity index (χ4v) is 4.05. The highest BCUT2D eigenvalue weighted by atomic mass is 16.5. The van der Waals surface area contributed by atoms with Crippen LogP contribution < -0.4 is 15.0 Å². The fourth-order valence-electron chi connectivity index (χ4n) is 4.05. The number of carbonyl (C=O) groups is 2. The molecule has 1 aliphatic rings. The molecule has 1 aromatic heterocycles. The van der Waals surface area contributed by atoms with Gasteiger partial charge in [0.15, 0.2) is 6.61 Å². The summed E-state index contributed by atoms with van der Waals surface area (Å²) in [6.07, 6.45) is 3.71. The van der Waals surface area contributed by atoms with Crippen LogP contribution >= 0.6 is 0 Å². The summed E-state index contributed by atoms with van der Waals surface area (Å²) in [5.41, 5.74) is 4.91. The normalized spacial score (nSPS) is 12.7. The molecule has 2 heterocycles. The number of nitrogens with one attached hydrogen (secondary N) is 1. The van der Waals surface area contributed by atoms with Gasteiger partial charge in [0, 0.05) is 18.9 Å². The predicted octanol–water partition coefficient (Wildman–Crippen LogP) is 3.64. The van der Waals surface area contributed by atoms with Gasteiger partial charge >= 0.3 is 0 Å². The first-order valence-electron chi connectivity index (χ1n) is 11.1. The Bertz CT molecular complexity index is 1300. The Morgan fingerprint density at radius 3 is 2.59 bits per heavy atom. The number of aromatic nitrogens is 2. The van der Waals surface area contributed by atoms with Crippen LogP contribution in [0.15, 0.2) is 91.3 Å². The van der Waals surface area contributed by atoms with Gasteiger partial charge < -0.3 is 10.1 Å². The number of carbonyl (C=O) groups excluding carboxylic acids is 2. The SMILES string of the molecule is O=C(CN1C(=O)COc2ccccc21)NCc1ccccc1-c1ccc(Cn2cccn2)cc1. The van der Waals surface area contributed by atoms with Gasteiger partial charge in [-0.15, -0.1) is 0 Å². The first-order chi connectivity index (χ1) is 16.7. The number of ether oxygens (including phenoxy) is 1. The molecule has 0 atom stereocenters. The van der Waals surface area contributed by atoms with Gasteiger partial charge in [-0.3, -0.25) is 19.2 Å². The van der Waals surface area contributed by atoms with E-state index in [0.717, 1.165) is 22.3 Å². The molecule has 2 amide bonds. The molecule has 0 radical (unpaired) electrons. The van der Waals surface area contributed by atoms with E-state index in [2.05, 4.69) is 34.7 Å².